The molecule has 0 saturated heterocycles. The number of carbonyl (C=O) groups is 2. The molecule has 4 rings (SSSR count). The van der Waals surface area contributed by atoms with Crippen molar-refractivity contribution >= 4 is 39.1 Å². The minimum atomic E-state index is -1.68. The van der Waals surface area contributed by atoms with Crippen LogP contribution in [0.5, 0.6) is 11.5 Å². The lowest BCUT2D eigenvalue weighted by molar-refractivity contribution is 0.0488. The molecule has 4 nitrogen and oxygen atoms in total. The number of fused-ring (bicyclic) bond motifs is 1. The number of carbonyl (C=O) groups excluding carboxylic acids is 2. The molecule has 0 aliphatic carbocycles. The zero-order chi connectivity index (χ0) is 27.6. The summed E-state index contributed by atoms with van der Waals surface area (Å²) in [5, 5.41) is 0. The van der Waals surface area contributed by atoms with Crippen molar-refractivity contribution in [2.24, 2.45) is 5.41 Å². The lowest BCUT2D eigenvalue weighted by Crippen LogP contribution is -2.48. The summed E-state index contributed by atoms with van der Waals surface area (Å²) in [5.74, 6) is 6.91. The third-order valence-electron chi connectivity index (χ3n) is 5.79. The summed E-state index contributed by atoms with van der Waals surface area (Å²) < 4.78 is 12.7. The predicted octanol–water partition coefficient (Wildman–Crippen LogP) is 6.73. The van der Waals surface area contributed by atoms with Crippen molar-refractivity contribution in [2.45, 2.75) is 39.3 Å². The van der Waals surface area contributed by atoms with E-state index in [1.54, 1.807) is 48.5 Å². The molecule has 1 aliphatic rings. The SMILES string of the molecule is C[Si](C)(C)C#Cc1sc(C#C[Si](C)(C)C)c2c1OCC(C(=O)c1ccccc1)(C(=O)c1ccccc1)CO2. The Labute approximate surface area is 231 Å². The van der Waals surface area contributed by atoms with Gasteiger partial charge in [0, 0.05) is 11.1 Å². The lowest BCUT2D eigenvalue weighted by atomic mass is 9.75. The average molecular weight is 557 g/mol. The smallest absolute Gasteiger partial charge is 0.189 e. The first kappa shape index (κ1) is 27.7. The fraction of sp³-hybridized carbons (Fsp3) is 0.290. The van der Waals surface area contributed by atoms with Crippen LogP contribution in [0.4, 0.5) is 0 Å². The Morgan fingerprint density at radius 2 is 1.05 bits per heavy atom. The maximum atomic E-state index is 14.0. The monoisotopic (exact) mass is 556 g/mol. The molecule has 2 heterocycles. The Morgan fingerprint density at radius 1 is 0.684 bits per heavy atom. The van der Waals surface area contributed by atoms with Crippen LogP contribution in [-0.2, 0) is 0 Å². The molecule has 3 aromatic rings. The summed E-state index contributed by atoms with van der Waals surface area (Å²) >= 11 is 1.45. The van der Waals surface area contributed by atoms with Crippen LogP contribution in [0.25, 0.3) is 0 Å². The molecule has 0 bridgehead atoms. The molecule has 0 radical (unpaired) electrons. The number of thiophene rings is 1. The molecule has 38 heavy (non-hydrogen) atoms. The minimum absolute atomic E-state index is 0.152. The molecule has 1 aliphatic heterocycles. The second-order valence-electron chi connectivity index (χ2n) is 11.5. The summed E-state index contributed by atoms with van der Waals surface area (Å²) in [4.78, 5) is 29.5. The number of benzene rings is 2. The highest BCUT2D eigenvalue weighted by Crippen LogP contribution is 2.46. The summed E-state index contributed by atoms with van der Waals surface area (Å²) in [5.41, 5.74) is 6.11. The van der Waals surface area contributed by atoms with E-state index in [9.17, 15) is 9.59 Å². The molecule has 0 amide bonds. The maximum absolute atomic E-state index is 14.0. The third kappa shape index (κ3) is 6.19. The van der Waals surface area contributed by atoms with E-state index in [1.165, 1.54) is 11.3 Å². The molecular formula is C31H32O4SSi2. The molecule has 0 fully saturated rings. The number of ketones is 2. The van der Waals surface area contributed by atoms with Crippen LogP contribution in [0.2, 0.25) is 39.3 Å². The van der Waals surface area contributed by atoms with Crippen molar-refractivity contribution in [1.29, 1.82) is 0 Å². The zero-order valence-electron chi connectivity index (χ0n) is 22.7. The molecule has 0 spiro atoms. The summed E-state index contributed by atoms with van der Waals surface area (Å²) in [6, 6.07) is 17.7. The van der Waals surface area contributed by atoms with Gasteiger partial charge in [-0.2, -0.15) is 0 Å². The third-order valence-corrected chi connectivity index (χ3v) is 8.53. The van der Waals surface area contributed by atoms with Crippen molar-refractivity contribution < 1.29 is 19.1 Å². The molecule has 1 aromatic heterocycles. The van der Waals surface area contributed by atoms with Gasteiger partial charge >= 0.3 is 0 Å². The van der Waals surface area contributed by atoms with Crippen molar-refractivity contribution in [3.63, 3.8) is 0 Å². The molecule has 0 saturated carbocycles. The number of ether oxygens (including phenoxy) is 2. The number of Topliss-reactive ketones (excluding diaryl/α,β-unsaturated/α-hetero) is 2. The number of rotatable bonds is 4. The van der Waals surface area contributed by atoms with Crippen LogP contribution in [0.15, 0.2) is 60.7 Å². The highest BCUT2D eigenvalue weighted by molar-refractivity contribution is 7.14. The van der Waals surface area contributed by atoms with E-state index in [2.05, 4.69) is 62.2 Å². The van der Waals surface area contributed by atoms with Crippen LogP contribution in [0.1, 0.15) is 30.5 Å². The minimum Gasteiger partial charge on any atom is -0.486 e. The first-order chi connectivity index (χ1) is 17.9. The first-order valence-electron chi connectivity index (χ1n) is 12.6. The summed E-state index contributed by atoms with van der Waals surface area (Å²) in [6.07, 6.45) is 0. The van der Waals surface area contributed by atoms with E-state index < -0.39 is 21.6 Å². The second kappa shape index (κ2) is 10.8. The summed E-state index contributed by atoms with van der Waals surface area (Å²) in [7, 11) is -3.36. The molecule has 194 valence electrons. The van der Waals surface area contributed by atoms with Gasteiger partial charge in [-0.25, -0.2) is 0 Å². The fourth-order valence-electron chi connectivity index (χ4n) is 3.85. The van der Waals surface area contributed by atoms with Crippen molar-refractivity contribution in [1.82, 2.24) is 0 Å². The number of hydrogen-bond donors (Lipinski definition) is 0. The van der Waals surface area contributed by atoms with E-state index in [1.807, 2.05) is 12.1 Å². The maximum Gasteiger partial charge on any atom is 0.189 e. The molecule has 2 aromatic carbocycles. The van der Waals surface area contributed by atoms with Gasteiger partial charge in [-0.1, -0.05) is 112 Å². The first-order valence-corrected chi connectivity index (χ1v) is 20.4. The lowest BCUT2D eigenvalue weighted by Gasteiger charge is -2.28. The highest BCUT2D eigenvalue weighted by atomic mass is 32.1. The number of hydrogen-bond acceptors (Lipinski definition) is 5. The van der Waals surface area contributed by atoms with E-state index in [4.69, 9.17) is 9.47 Å². The van der Waals surface area contributed by atoms with Gasteiger partial charge in [0.25, 0.3) is 0 Å². The molecule has 0 unspecified atom stereocenters. The van der Waals surface area contributed by atoms with Crippen LogP contribution in [0.3, 0.4) is 0 Å². The van der Waals surface area contributed by atoms with Crippen molar-refractivity contribution in [3.05, 3.63) is 81.5 Å². The van der Waals surface area contributed by atoms with Crippen LogP contribution in [-0.4, -0.2) is 40.9 Å². The Balaban J connectivity index is 1.84. The highest BCUT2D eigenvalue weighted by Gasteiger charge is 2.50. The topological polar surface area (TPSA) is 52.6 Å². The Morgan fingerprint density at radius 3 is 1.39 bits per heavy atom. The molecular weight excluding hydrogens is 525 g/mol. The van der Waals surface area contributed by atoms with Crippen molar-refractivity contribution in [3.8, 4) is 34.4 Å². The normalized spacial score (nSPS) is 14.3. The van der Waals surface area contributed by atoms with Crippen LogP contribution < -0.4 is 9.47 Å². The van der Waals surface area contributed by atoms with Crippen molar-refractivity contribution in [2.75, 3.05) is 13.2 Å². The Bertz CT molecular complexity index is 1360. The summed E-state index contributed by atoms with van der Waals surface area (Å²) in [6.45, 7) is 12.8. The molecule has 7 heteroatoms. The largest absolute Gasteiger partial charge is 0.486 e. The van der Waals surface area contributed by atoms with Gasteiger partial charge in [-0.05, 0) is 0 Å². The van der Waals surface area contributed by atoms with Crippen LogP contribution in [0, 0.1) is 28.3 Å². The Hall–Kier alpha value is -3.37. The quantitative estimate of drug-likeness (QED) is 0.155. The van der Waals surface area contributed by atoms with Gasteiger partial charge < -0.3 is 9.47 Å². The van der Waals surface area contributed by atoms with Gasteiger partial charge in [0.05, 0.1) is 0 Å². The van der Waals surface area contributed by atoms with E-state index in [0.29, 0.717) is 22.6 Å². The van der Waals surface area contributed by atoms with Gasteiger partial charge in [0.2, 0.25) is 0 Å². The van der Waals surface area contributed by atoms with Gasteiger partial charge in [0.1, 0.15) is 39.1 Å². The average Bonchev–Trinajstić information content (AvgIpc) is 3.09. The van der Waals surface area contributed by atoms with Gasteiger partial charge in [-0.15, -0.1) is 22.4 Å². The van der Waals surface area contributed by atoms with E-state index >= 15 is 0 Å². The van der Waals surface area contributed by atoms with E-state index in [-0.39, 0.29) is 24.8 Å². The molecule has 0 atom stereocenters. The Kier molecular flexibility index (Phi) is 7.85. The standard InChI is InChI=1S/C31H32O4SSi2/c1-37(2,3)19-17-25-27-28(26(36-25)18-20-38(4,5)6)35-22-31(21-34-27,29(32)23-13-9-7-10-14-23)30(33)24-15-11-8-12-16-24/h7-16H,21-22H2,1-6H3. The zero-order valence-corrected chi connectivity index (χ0v) is 25.5. The van der Waals surface area contributed by atoms with Gasteiger partial charge in [-0.3, -0.25) is 9.59 Å². The van der Waals surface area contributed by atoms with E-state index in [0.717, 1.165) is 9.75 Å². The molecule has 0 N–H and O–H groups in total. The van der Waals surface area contributed by atoms with Gasteiger partial charge in [0.15, 0.2) is 28.5 Å². The van der Waals surface area contributed by atoms with Crippen LogP contribution >= 0.6 is 11.3 Å². The predicted molar refractivity (Wildman–Crippen MR) is 160 cm³/mol. The second-order valence-corrected chi connectivity index (χ2v) is 22.0. The fourth-order valence-corrected chi connectivity index (χ4v) is 5.92.